The molecule has 0 saturated heterocycles. The molecule has 0 radical (unpaired) electrons. The molecule has 29 heavy (non-hydrogen) atoms. The molecule has 1 aromatic heterocycles. The number of nitrogens with zero attached hydrogens (tertiary/aromatic N) is 1. The Labute approximate surface area is 168 Å². The molecule has 0 aliphatic heterocycles. The number of benzene rings is 2. The van der Waals surface area contributed by atoms with Crippen molar-refractivity contribution in [1.82, 2.24) is 4.37 Å². The first-order valence-corrected chi connectivity index (χ1v) is 9.34. The molecule has 0 spiro atoms. The van der Waals surface area contributed by atoms with E-state index in [2.05, 4.69) is 14.7 Å². The fourth-order valence-electron chi connectivity index (χ4n) is 2.39. The minimum Gasteiger partial charge on any atom is -0.457 e. The van der Waals surface area contributed by atoms with Gasteiger partial charge in [0.15, 0.2) is 0 Å². The number of hydrogen-bond donors (Lipinski definition) is 4. The van der Waals surface area contributed by atoms with Gasteiger partial charge < -0.3 is 20.9 Å². The van der Waals surface area contributed by atoms with Crippen LogP contribution in [0.2, 0.25) is 0 Å². The maximum absolute atomic E-state index is 13.3. The van der Waals surface area contributed by atoms with Crippen LogP contribution in [0, 0.1) is 11.6 Å². The van der Waals surface area contributed by atoms with Gasteiger partial charge in [-0.2, -0.15) is 0 Å². The third kappa shape index (κ3) is 5.39. The Kier molecular flexibility index (Phi) is 6.25. The van der Waals surface area contributed by atoms with E-state index in [-0.39, 0.29) is 23.7 Å². The van der Waals surface area contributed by atoms with Crippen molar-refractivity contribution < 1.29 is 18.6 Å². The molecule has 0 bridgehead atoms. The molecular formula is C19H18F2N4O3S. The SMILES string of the molecule is CC(O)CN=C(N)c1c(Nc2ccc(Oc3cc(F)cc(F)c3)cc2)s[nH]c1=O. The molecule has 7 nitrogen and oxygen atoms in total. The number of amidine groups is 1. The van der Waals surface area contributed by atoms with Gasteiger partial charge in [0.25, 0.3) is 5.56 Å². The van der Waals surface area contributed by atoms with Crippen molar-refractivity contribution in [2.75, 3.05) is 11.9 Å². The molecule has 0 aliphatic rings. The summed E-state index contributed by atoms with van der Waals surface area (Å²) in [6.07, 6.45) is -0.679. The normalized spacial score (nSPS) is 12.6. The molecule has 0 saturated carbocycles. The van der Waals surface area contributed by atoms with Gasteiger partial charge in [-0.25, -0.2) is 8.78 Å². The van der Waals surface area contributed by atoms with Crippen molar-refractivity contribution in [2.24, 2.45) is 10.7 Å². The molecule has 0 fully saturated rings. The smallest absolute Gasteiger partial charge is 0.271 e. The highest BCUT2D eigenvalue weighted by Gasteiger charge is 2.15. The molecule has 1 heterocycles. The number of ether oxygens (including phenoxy) is 1. The van der Waals surface area contributed by atoms with Crippen LogP contribution in [0.5, 0.6) is 11.5 Å². The van der Waals surface area contributed by atoms with E-state index in [0.717, 1.165) is 29.7 Å². The van der Waals surface area contributed by atoms with Crippen molar-refractivity contribution in [1.29, 1.82) is 0 Å². The zero-order chi connectivity index (χ0) is 21.0. The number of aliphatic imine (C=N–C) groups is 1. The summed E-state index contributed by atoms with van der Waals surface area (Å²) in [6.45, 7) is 1.64. The standard InChI is InChI=1S/C19H18F2N4O3S/c1-10(26)9-23-17(22)16-18(27)25-29-19(16)24-13-2-4-14(5-3-13)28-15-7-11(20)6-12(21)8-15/h2-8,10,24,26H,9H2,1H3,(H2,22,23)(H,25,27). The van der Waals surface area contributed by atoms with Crippen molar-refractivity contribution in [3.8, 4) is 11.5 Å². The molecule has 1 unspecified atom stereocenters. The summed E-state index contributed by atoms with van der Waals surface area (Å²) in [5.41, 5.74) is 6.30. The third-order valence-electron chi connectivity index (χ3n) is 3.67. The molecule has 152 valence electrons. The Morgan fingerprint density at radius 3 is 2.52 bits per heavy atom. The van der Waals surface area contributed by atoms with E-state index < -0.39 is 23.3 Å². The number of aliphatic hydroxyl groups excluding tert-OH is 1. The lowest BCUT2D eigenvalue weighted by molar-refractivity contribution is 0.204. The largest absolute Gasteiger partial charge is 0.457 e. The fraction of sp³-hybridized carbons (Fsp3) is 0.158. The first-order valence-electron chi connectivity index (χ1n) is 8.52. The molecule has 5 N–H and O–H groups in total. The Bertz CT molecular complexity index is 1060. The molecule has 1 atom stereocenters. The molecule has 0 amide bonds. The van der Waals surface area contributed by atoms with Gasteiger partial charge in [-0.1, -0.05) is 0 Å². The second-order valence-corrected chi connectivity index (χ2v) is 6.99. The summed E-state index contributed by atoms with van der Waals surface area (Å²) in [6, 6.07) is 9.46. The number of H-pyrrole nitrogens is 1. The van der Waals surface area contributed by atoms with Crippen molar-refractivity contribution in [3.63, 3.8) is 0 Å². The zero-order valence-electron chi connectivity index (χ0n) is 15.3. The Hall–Kier alpha value is -3.24. The molecular weight excluding hydrogens is 402 g/mol. The second-order valence-electron chi connectivity index (χ2n) is 6.17. The maximum atomic E-state index is 13.3. The molecule has 0 aliphatic carbocycles. The minimum absolute atomic E-state index is 0.0176. The number of aliphatic hydroxyl groups is 1. The fourth-order valence-corrected chi connectivity index (χ4v) is 3.16. The van der Waals surface area contributed by atoms with E-state index in [9.17, 15) is 18.7 Å². The quantitative estimate of drug-likeness (QED) is 0.346. The minimum atomic E-state index is -0.733. The predicted octanol–water partition coefficient (Wildman–Crippen LogP) is 3.34. The van der Waals surface area contributed by atoms with Crippen LogP contribution in [0.15, 0.2) is 52.3 Å². The Morgan fingerprint density at radius 1 is 1.24 bits per heavy atom. The van der Waals surface area contributed by atoms with Gasteiger partial charge in [0.05, 0.1) is 12.6 Å². The van der Waals surface area contributed by atoms with Crippen LogP contribution in [0.3, 0.4) is 0 Å². The monoisotopic (exact) mass is 420 g/mol. The first-order chi connectivity index (χ1) is 13.8. The number of rotatable bonds is 7. The van der Waals surface area contributed by atoms with Crippen LogP contribution in [-0.4, -0.2) is 28.0 Å². The molecule has 2 aromatic carbocycles. The lowest BCUT2D eigenvalue weighted by atomic mass is 10.2. The van der Waals surface area contributed by atoms with Gasteiger partial charge in [-0.15, -0.1) is 0 Å². The molecule has 3 aromatic rings. The third-order valence-corrected chi connectivity index (χ3v) is 4.46. The van der Waals surface area contributed by atoms with E-state index in [1.807, 2.05) is 0 Å². The summed E-state index contributed by atoms with van der Waals surface area (Å²) < 4.78 is 34.5. The van der Waals surface area contributed by atoms with E-state index in [4.69, 9.17) is 10.5 Å². The van der Waals surface area contributed by atoms with E-state index in [0.29, 0.717) is 16.4 Å². The van der Waals surface area contributed by atoms with Crippen LogP contribution >= 0.6 is 11.5 Å². The average Bonchev–Trinajstić information content (AvgIpc) is 3.01. The first kappa shape index (κ1) is 20.5. The topological polar surface area (TPSA) is 113 Å². The average molecular weight is 420 g/mol. The van der Waals surface area contributed by atoms with Gasteiger partial charge in [0, 0.05) is 23.9 Å². The van der Waals surface area contributed by atoms with Crippen LogP contribution in [0.1, 0.15) is 12.5 Å². The zero-order valence-corrected chi connectivity index (χ0v) is 16.1. The van der Waals surface area contributed by atoms with Gasteiger partial charge >= 0.3 is 0 Å². The second kappa shape index (κ2) is 8.84. The Morgan fingerprint density at radius 2 is 1.90 bits per heavy atom. The van der Waals surface area contributed by atoms with Gasteiger partial charge in [0.2, 0.25) is 0 Å². The van der Waals surface area contributed by atoms with E-state index in [1.165, 1.54) is 0 Å². The number of aromatic nitrogens is 1. The number of nitrogens with two attached hydrogens (primary N) is 1. The highest BCUT2D eigenvalue weighted by Crippen LogP contribution is 2.27. The van der Waals surface area contributed by atoms with Crippen LogP contribution in [0.25, 0.3) is 0 Å². The molecule has 3 rings (SSSR count). The number of hydrogen-bond acceptors (Lipinski definition) is 6. The lowest BCUT2D eigenvalue weighted by Crippen LogP contribution is -2.23. The lowest BCUT2D eigenvalue weighted by Gasteiger charge is -2.09. The van der Waals surface area contributed by atoms with Crippen molar-refractivity contribution >= 4 is 28.1 Å². The number of nitrogens with one attached hydrogen (secondary N) is 2. The summed E-state index contributed by atoms with van der Waals surface area (Å²) in [5, 5.41) is 12.8. The number of aromatic amines is 1. The Balaban J connectivity index is 1.75. The van der Waals surface area contributed by atoms with Crippen molar-refractivity contribution in [2.45, 2.75) is 13.0 Å². The van der Waals surface area contributed by atoms with Gasteiger partial charge in [-0.05, 0) is 42.7 Å². The number of anilines is 2. The highest BCUT2D eigenvalue weighted by atomic mass is 32.1. The van der Waals surface area contributed by atoms with Crippen LogP contribution in [0.4, 0.5) is 19.5 Å². The summed E-state index contributed by atoms with van der Waals surface area (Å²) in [4.78, 5) is 16.1. The number of halogens is 2. The highest BCUT2D eigenvalue weighted by molar-refractivity contribution is 7.10. The summed E-state index contributed by atoms with van der Waals surface area (Å²) >= 11 is 1.06. The summed E-state index contributed by atoms with van der Waals surface area (Å²) in [5.74, 6) is -1.03. The predicted molar refractivity (Wildman–Crippen MR) is 108 cm³/mol. The molecule has 10 heteroatoms. The van der Waals surface area contributed by atoms with Crippen LogP contribution < -0.4 is 21.3 Å². The van der Waals surface area contributed by atoms with Gasteiger partial charge in [-0.3, -0.25) is 14.2 Å². The van der Waals surface area contributed by atoms with Gasteiger partial charge in [0.1, 0.15) is 39.5 Å². The van der Waals surface area contributed by atoms with Crippen LogP contribution in [-0.2, 0) is 0 Å². The van der Waals surface area contributed by atoms with Crippen molar-refractivity contribution in [3.05, 3.63) is 70.0 Å². The van der Waals surface area contributed by atoms with E-state index >= 15 is 0 Å². The van der Waals surface area contributed by atoms with E-state index in [1.54, 1.807) is 31.2 Å². The maximum Gasteiger partial charge on any atom is 0.271 e. The summed E-state index contributed by atoms with van der Waals surface area (Å²) in [7, 11) is 0.